The smallest absolute Gasteiger partial charge is 0.237 e. The van der Waals surface area contributed by atoms with Crippen molar-refractivity contribution in [2.45, 2.75) is 12.8 Å². The fourth-order valence-corrected chi connectivity index (χ4v) is 3.91. The largest absolute Gasteiger partial charge is 0.341 e. The summed E-state index contributed by atoms with van der Waals surface area (Å²) in [6, 6.07) is 0. The van der Waals surface area contributed by atoms with Crippen molar-refractivity contribution in [2.75, 3.05) is 30.5 Å². The van der Waals surface area contributed by atoms with Gasteiger partial charge in [0.05, 0.1) is 0 Å². The summed E-state index contributed by atoms with van der Waals surface area (Å²) >= 11 is 7.55. The minimum absolute atomic E-state index is 0.107. The maximum Gasteiger partial charge on any atom is 0.237 e. The van der Waals surface area contributed by atoms with Crippen LogP contribution in [-0.2, 0) is 4.79 Å². The number of amides is 1. The molecule has 2 saturated heterocycles. The molecule has 13 heavy (non-hydrogen) atoms. The highest BCUT2D eigenvalue weighted by molar-refractivity contribution is 7.99. The number of carbonyl (C=O) groups excluding carboxylic acids is 1. The van der Waals surface area contributed by atoms with E-state index in [-0.39, 0.29) is 11.8 Å². The van der Waals surface area contributed by atoms with Gasteiger partial charge in [0.15, 0.2) is 0 Å². The van der Waals surface area contributed by atoms with E-state index in [0.29, 0.717) is 5.41 Å². The first-order chi connectivity index (χ1) is 6.26. The highest BCUT2D eigenvalue weighted by Gasteiger charge is 2.41. The van der Waals surface area contributed by atoms with Gasteiger partial charge in [-0.3, -0.25) is 4.79 Å². The molecule has 4 heteroatoms. The molecule has 1 atom stereocenters. The average Bonchev–Trinajstić information content (AvgIpc) is 2.76. The van der Waals surface area contributed by atoms with Crippen LogP contribution in [0, 0.1) is 5.41 Å². The summed E-state index contributed by atoms with van der Waals surface area (Å²) in [5.41, 5.74) is 0.451. The van der Waals surface area contributed by atoms with Crippen LogP contribution in [0.1, 0.15) is 12.8 Å². The zero-order chi connectivity index (χ0) is 9.31. The van der Waals surface area contributed by atoms with Crippen LogP contribution < -0.4 is 0 Å². The van der Waals surface area contributed by atoms with E-state index in [2.05, 4.69) is 0 Å². The minimum Gasteiger partial charge on any atom is -0.341 e. The molecule has 74 valence electrons. The molecule has 1 unspecified atom stereocenters. The van der Waals surface area contributed by atoms with E-state index in [1.807, 2.05) is 16.7 Å². The van der Waals surface area contributed by atoms with E-state index in [0.717, 1.165) is 13.1 Å². The molecule has 2 fully saturated rings. The molecule has 0 radical (unpaired) electrons. The first-order valence-electron chi connectivity index (χ1n) is 4.67. The van der Waals surface area contributed by atoms with Gasteiger partial charge in [-0.25, -0.2) is 0 Å². The summed E-state index contributed by atoms with van der Waals surface area (Å²) < 4.78 is 0. The molecule has 2 aliphatic rings. The van der Waals surface area contributed by atoms with Crippen molar-refractivity contribution in [3.8, 4) is 0 Å². The highest BCUT2D eigenvalue weighted by atomic mass is 35.5. The summed E-state index contributed by atoms with van der Waals surface area (Å²) in [5.74, 6) is 2.75. The molecule has 2 rings (SSSR count). The Hall–Kier alpha value is 0.110. The Morgan fingerprint density at radius 1 is 1.54 bits per heavy atom. The lowest BCUT2D eigenvalue weighted by atomic mass is 9.87. The number of halogens is 1. The van der Waals surface area contributed by atoms with E-state index < -0.39 is 0 Å². The van der Waals surface area contributed by atoms with Gasteiger partial charge >= 0.3 is 0 Å². The Morgan fingerprint density at radius 3 is 3.00 bits per heavy atom. The summed E-state index contributed by atoms with van der Waals surface area (Å²) in [6.45, 7) is 1.87. The number of hydrogen-bond donors (Lipinski definition) is 0. The standard InChI is InChI=1S/C9H14ClNOS/c10-5-8(12)11-3-1-9(6-11)2-4-13-7-9/h1-7H2. The molecule has 2 nitrogen and oxygen atoms in total. The fraction of sp³-hybridized carbons (Fsp3) is 0.889. The van der Waals surface area contributed by atoms with Crippen LogP contribution in [0.15, 0.2) is 0 Å². The molecule has 0 aliphatic carbocycles. The lowest BCUT2D eigenvalue weighted by Crippen LogP contribution is -2.32. The number of carbonyl (C=O) groups is 1. The van der Waals surface area contributed by atoms with Gasteiger partial charge in [-0.15, -0.1) is 11.6 Å². The molecule has 1 spiro atoms. The number of likely N-dealkylation sites (tertiary alicyclic amines) is 1. The number of thioether (sulfide) groups is 1. The normalized spacial score (nSPS) is 33.2. The second kappa shape index (κ2) is 3.70. The van der Waals surface area contributed by atoms with Crippen molar-refractivity contribution >= 4 is 29.3 Å². The van der Waals surface area contributed by atoms with Gasteiger partial charge in [0.25, 0.3) is 0 Å². The molecular weight excluding hydrogens is 206 g/mol. The Balaban J connectivity index is 1.96. The summed E-state index contributed by atoms with van der Waals surface area (Å²) in [4.78, 5) is 13.3. The number of alkyl halides is 1. The van der Waals surface area contributed by atoms with Gasteiger partial charge in [0.1, 0.15) is 5.88 Å². The highest BCUT2D eigenvalue weighted by Crippen LogP contribution is 2.43. The van der Waals surface area contributed by atoms with Crippen molar-refractivity contribution < 1.29 is 4.79 Å². The van der Waals surface area contributed by atoms with Gasteiger partial charge in [-0.2, -0.15) is 11.8 Å². The number of hydrogen-bond acceptors (Lipinski definition) is 2. The summed E-state index contributed by atoms with van der Waals surface area (Å²) in [7, 11) is 0. The predicted octanol–water partition coefficient (Wildman–Crippen LogP) is 1.58. The maximum atomic E-state index is 11.3. The molecule has 0 N–H and O–H groups in total. The lowest BCUT2D eigenvalue weighted by Gasteiger charge is -2.22. The Kier molecular flexibility index (Phi) is 2.75. The molecule has 1 amide bonds. The van der Waals surface area contributed by atoms with Crippen molar-refractivity contribution in [1.29, 1.82) is 0 Å². The molecule has 0 saturated carbocycles. The second-order valence-electron chi connectivity index (χ2n) is 4.00. The van der Waals surface area contributed by atoms with E-state index in [4.69, 9.17) is 11.6 Å². The lowest BCUT2D eigenvalue weighted by molar-refractivity contribution is -0.127. The van der Waals surface area contributed by atoms with Gasteiger partial charge in [0.2, 0.25) is 5.91 Å². The average molecular weight is 220 g/mol. The van der Waals surface area contributed by atoms with Gasteiger partial charge in [0, 0.05) is 18.8 Å². The van der Waals surface area contributed by atoms with E-state index >= 15 is 0 Å². The first-order valence-corrected chi connectivity index (χ1v) is 6.36. The Labute approximate surface area is 88.0 Å². The van der Waals surface area contributed by atoms with Crippen LogP contribution in [0.3, 0.4) is 0 Å². The van der Waals surface area contributed by atoms with Crippen LogP contribution in [0.25, 0.3) is 0 Å². The third-order valence-electron chi connectivity index (χ3n) is 3.09. The quantitative estimate of drug-likeness (QED) is 0.625. The van der Waals surface area contributed by atoms with Crippen LogP contribution >= 0.6 is 23.4 Å². The summed E-state index contributed by atoms with van der Waals surface area (Å²) in [6.07, 6.45) is 2.46. The zero-order valence-electron chi connectivity index (χ0n) is 7.59. The topological polar surface area (TPSA) is 20.3 Å². The van der Waals surface area contributed by atoms with Gasteiger partial charge in [-0.1, -0.05) is 0 Å². The van der Waals surface area contributed by atoms with Crippen molar-refractivity contribution in [2.24, 2.45) is 5.41 Å². The Bertz CT molecular complexity index is 216. The SMILES string of the molecule is O=C(CCl)N1CCC2(CCSC2)C1. The molecule has 0 aromatic heterocycles. The second-order valence-corrected chi connectivity index (χ2v) is 5.37. The minimum atomic E-state index is 0.107. The van der Waals surface area contributed by atoms with E-state index in [1.54, 1.807) is 0 Å². The maximum absolute atomic E-state index is 11.3. The van der Waals surface area contributed by atoms with Crippen molar-refractivity contribution in [1.82, 2.24) is 4.90 Å². The first kappa shape index (κ1) is 9.66. The molecule has 0 aromatic carbocycles. The van der Waals surface area contributed by atoms with Crippen LogP contribution in [-0.4, -0.2) is 41.3 Å². The number of nitrogens with zero attached hydrogens (tertiary/aromatic N) is 1. The van der Waals surface area contributed by atoms with Crippen LogP contribution in [0.5, 0.6) is 0 Å². The molecular formula is C9H14ClNOS. The zero-order valence-corrected chi connectivity index (χ0v) is 9.16. The van der Waals surface area contributed by atoms with Crippen LogP contribution in [0.4, 0.5) is 0 Å². The third kappa shape index (κ3) is 1.82. The van der Waals surface area contributed by atoms with E-state index in [1.165, 1.54) is 24.3 Å². The van der Waals surface area contributed by atoms with Crippen molar-refractivity contribution in [3.05, 3.63) is 0 Å². The Morgan fingerprint density at radius 2 is 2.38 bits per heavy atom. The van der Waals surface area contributed by atoms with Gasteiger partial charge < -0.3 is 4.90 Å². The molecule has 0 aromatic rings. The third-order valence-corrected chi connectivity index (χ3v) is 4.63. The fourth-order valence-electron chi connectivity index (χ4n) is 2.20. The molecule has 2 aliphatic heterocycles. The molecule has 0 bridgehead atoms. The van der Waals surface area contributed by atoms with Gasteiger partial charge in [-0.05, 0) is 24.0 Å². The monoisotopic (exact) mass is 219 g/mol. The van der Waals surface area contributed by atoms with Crippen molar-refractivity contribution in [3.63, 3.8) is 0 Å². The van der Waals surface area contributed by atoms with E-state index in [9.17, 15) is 4.79 Å². The molecule has 2 heterocycles. The summed E-state index contributed by atoms with van der Waals surface area (Å²) in [5, 5.41) is 0. The predicted molar refractivity (Wildman–Crippen MR) is 56.3 cm³/mol. The van der Waals surface area contributed by atoms with Crippen LogP contribution in [0.2, 0.25) is 0 Å². The number of rotatable bonds is 1.